The first-order valence-electron chi connectivity index (χ1n) is 10.1. The van der Waals surface area contributed by atoms with Gasteiger partial charge in [0, 0.05) is 0 Å². The van der Waals surface area contributed by atoms with Gasteiger partial charge in [-0.3, -0.25) is 0 Å². The molecule has 0 atom stereocenters. The van der Waals surface area contributed by atoms with Gasteiger partial charge >= 0.3 is 5.97 Å². The summed E-state index contributed by atoms with van der Waals surface area (Å²) in [7, 11) is 0. The van der Waals surface area contributed by atoms with Gasteiger partial charge in [0.1, 0.15) is 12.4 Å². The van der Waals surface area contributed by atoms with E-state index >= 15 is 0 Å². The number of rotatable bonds is 7. The molecule has 1 aliphatic rings. The van der Waals surface area contributed by atoms with Crippen molar-refractivity contribution in [3.05, 3.63) is 97.5 Å². The minimum absolute atomic E-state index is 0.150. The number of cyclic esters (lactones) is 1. The van der Waals surface area contributed by atoms with Crippen LogP contribution >= 0.6 is 34.2 Å². The van der Waals surface area contributed by atoms with Crippen molar-refractivity contribution in [2.45, 2.75) is 13.5 Å². The molecule has 0 bridgehead atoms. The topological polar surface area (TPSA) is 57.1 Å². The molecular formula is C25H18ClFINO4. The zero-order chi connectivity index (χ0) is 23.4. The third kappa shape index (κ3) is 5.54. The number of esters is 1. The molecule has 168 valence electrons. The molecule has 8 heteroatoms. The van der Waals surface area contributed by atoms with E-state index in [0.717, 1.165) is 3.57 Å². The second kappa shape index (κ2) is 10.4. The lowest BCUT2D eigenvalue weighted by atomic mass is 10.1. The van der Waals surface area contributed by atoms with Gasteiger partial charge in [-0.05, 0) is 83.1 Å². The van der Waals surface area contributed by atoms with Crippen molar-refractivity contribution in [1.29, 1.82) is 0 Å². The first-order chi connectivity index (χ1) is 15.9. The van der Waals surface area contributed by atoms with E-state index in [1.165, 1.54) is 12.1 Å². The van der Waals surface area contributed by atoms with Crippen molar-refractivity contribution in [1.82, 2.24) is 0 Å². The van der Waals surface area contributed by atoms with Crippen LogP contribution in [0.2, 0.25) is 5.02 Å². The van der Waals surface area contributed by atoms with E-state index in [1.807, 2.05) is 13.0 Å². The molecule has 0 saturated carbocycles. The molecule has 1 aliphatic heterocycles. The zero-order valence-electron chi connectivity index (χ0n) is 17.5. The summed E-state index contributed by atoms with van der Waals surface area (Å²) in [6.45, 7) is 2.47. The Morgan fingerprint density at radius 2 is 1.94 bits per heavy atom. The van der Waals surface area contributed by atoms with Crippen molar-refractivity contribution in [3.8, 4) is 11.5 Å². The summed E-state index contributed by atoms with van der Waals surface area (Å²) in [6.07, 6.45) is 1.62. The molecule has 0 aromatic heterocycles. The predicted octanol–water partition coefficient (Wildman–Crippen LogP) is 6.41. The van der Waals surface area contributed by atoms with Gasteiger partial charge in [0.05, 0.1) is 20.8 Å². The largest absolute Gasteiger partial charge is 0.490 e. The predicted molar refractivity (Wildman–Crippen MR) is 133 cm³/mol. The summed E-state index contributed by atoms with van der Waals surface area (Å²) in [5.41, 5.74) is 2.09. The molecule has 3 aromatic carbocycles. The average Bonchev–Trinajstić information content (AvgIpc) is 3.13. The molecule has 33 heavy (non-hydrogen) atoms. The molecule has 0 saturated heterocycles. The smallest absolute Gasteiger partial charge is 0.363 e. The van der Waals surface area contributed by atoms with E-state index in [0.29, 0.717) is 39.8 Å². The highest BCUT2D eigenvalue weighted by molar-refractivity contribution is 14.1. The summed E-state index contributed by atoms with van der Waals surface area (Å²) < 4.78 is 31.3. The molecule has 3 aromatic rings. The maximum absolute atomic E-state index is 13.5. The maximum atomic E-state index is 13.5. The zero-order valence-corrected chi connectivity index (χ0v) is 20.4. The first-order valence-corrected chi connectivity index (χ1v) is 11.5. The van der Waals surface area contributed by atoms with Gasteiger partial charge in [0.25, 0.3) is 0 Å². The van der Waals surface area contributed by atoms with E-state index in [-0.39, 0.29) is 24.0 Å². The molecule has 0 N–H and O–H groups in total. The summed E-state index contributed by atoms with van der Waals surface area (Å²) >= 11 is 8.32. The third-order valence-corrected chi connectivity index (χ3v) is 5.76. The van der Waals surface area contributed by atoms with Crippen LogP contribution in [-0.4, -0.2) is 18.5 Å². The van der Waals surface area contributed by atoms with Crippen molar-refractivity contribution >= 4 is 52.1 Å². The Kier molecular flexibility index (Phi) is 7.29. The lowest BCUT2D eigenvalue weighted by Crippen LogP contribution is -2.05. The van der Waals surface area contributed by atoms with Gasteiger partial charge < -0.3 is 14.2 Å². The number of aliphatic imine (C=N–C) groups is 1. The molecule has 1 heterocycles. The van der Waals surface area contributed by atoms with Crippen LogP contribution in [0.25, 0.3) is 6.08 Å². The van der Waals surface area contributed by atoms with Gasteiger partial charge in [-0.15, -0.1) is 0 Å². The molecule has 0 amide bonds. The van der Waals surface area contributed by atoms with E-state index in [2.05, 4.69) is 27.6 Å². The van der Waals surface area contributed by atoms with Crippen LogP contribution < -0.4 is 9.47 Å². The van der Waals surface area contributed by atoms with Gasteiger partial charge in [-0.25, -0.2) is 14.2 Å². The fraction of sp³-hybridized carbons (Fsp3) is 0.120. The molecule has 4 rings (SSSR count). The maximum Gasteiger partial charge on any atom is 0.363 e. The number of halogens is 3. The number of carbonyl (C=O) groups is 1. The first kappa shape index (κ1) is 23.3. The normalized spacial score (nSPS) is 14.2. The van der Waals surface area contributed by atoms with E-state index in [4.69, 9.17) is 25.8 Å². The molecule has 0 spiro atoms. The van der Waals surface area contributed by atoms with E-state index < -0.39 is 5.97 Å². The Morgan fingerprint density at radius 1 is 1.12 bits per heavy atom. The summed E-state index contributed by atoms with van der Waals surface area (Å²) in [6, 6.07) is 16.8. The van der Waals surface area contributed by atoms with Crippen LogP contribution in [0.5, 0.6) is 11.5 Å². The van der Waals surface area contributed by atoms with Gasteiger partial charge in [-0.1, -0.05) is 35.9 Å². The average molecular weight is 578 g/mol. The van der Waals surface area contributed by atoms with Crippen LogP contribution in [0.4, 0.5) is 4.39 Å². The highest BCUT2D eigenvalue weighted by Crippen LogP contribution is 2.36. The standard InChI is InChI=1S/C25H18ClFINO4/c1-2-31-22-13-16(11-20(28)23(22)32-14-15-6-5-7-17(27)10-15)12-21-25(30)33-24(29-21)18-8-3-4-9-19(18)26/h3-13H,2,14H2,1H3/b21-12-. The van der Waals surface area contributed by atoms with Crippen LogP contribution in [0.15, 0.2) is 71.4 Å². The number of hydrogen-bond donors (Lipinski definition) is 0. The Morgan fingerprint density at radius 3 is 2.70 bits per heavy atom. The lowest BCUT2D eigenvalue weighted by molar-refractivity contribution is -0.129. The quantitative estimate of drug-likeness (QED) is 0.185. The molecule has 5 nitrogen and oxygen atoms in total. The summed E-state index contributed by atoms with van der Waals surface area (Å²) in [4.78, 5) is 16.7. The SMILES string of the molecule is CCOc1cc(/C=C2\N=C(c3ccccc3Cl)OC2=O)cc(I)c1OCc1cccc(F)c1. The van der Waals surface area contributed by atoms with Gasteiger partial charge in [-0.2, -0.15) is 0 Å². The van der Waals surface area contributed by atoms with Crippen LogP contribution in [0.3, 0.4) is 0 Å². The number of hydrogen-bond acceptors (Lipinski definition) is 5. The van der Waals surface area contributed by atoms with Gasteiger partial charge in [0.2, 0.25) is 5.90 Å². The molecule has 0 radical (unpaired) electrons. The Labute approximate surface area is 209 Å². The van der Waals surface area contributed by atoms with Crippen molar-refractivity contribution in [3.63, 3.8) is 0 Å². The molecule has 0 fully saturated rings. The summed E-state index contributed by atoms with van der Waals surface area (Å²) in [5, 5.41) is 0.443. The Balaban J connectivity index is 1.62. The minimum atomic E-state index is -0.565. The molecule has 0 unspecified atom stereocenters. The van der Waals surface area contributed by atoms with E-state index in [9.17, 15) is 9.18 Å². The summed E-state index contributed by atoms with van der Waals surface area (Å²) in [5.74, 6) is 0.321. The second-order valence-electron chi connectivity index (χ2n) is 7.00. The lowest BCUT2D eigenvalue weighted by Gasteiger charge is -2.15. The van der Waals surface area contributed by atoms with Crippen LogP contribution in [0, 0.1) is 9.39 Å². The highest BCUT2D eigenvalue weighted by atomic mass is 127. The van der Waals surface area contributed by atoms with Crippen LogP contribution in [-0.2, 0) is 16.1 Å². The number of carbonyl (C=O) groups excluding carboxylic acids is 1. The van der Waals surface area contributed by atoms with E-state index in [1.54, 1.807) is 48.5 Å². The minimum Gasteiger partial charge on any atom is -0.490 e. The fourth-order valence-corrected chi connectivity index (χ4v) is 4.17. The van der Waals surface area contributed by atoms with Crippen LogP contribution in [0.1, 0.15) is 23.6 Å². The fourth-order valence-electron chi connectivity index (χ4n) is 3.17. The molecular weight excluding hydrogens is 560 g/mol. The number of nitrogens with zero attached hydrogens (tertiary/aromatic N) is 1. The van der Waals surface area contributed by atoms with Gasteiger partial charge in [0.15, 0.2) is 17.2 Å². The highest BCUT2D eigenvalue weighted by Gasteiger charge is 2.25. The third-order valence-electron chi connectivity index (χ3n) is 4.63. The Hall–Kier alpha value is -2.91. The second-order valence-corrected chi connectivity index (χ2v) is 8.57. The number of benzene rings is 3. The Bertz CT molecular complexity index is 1280. The van der Waals surface area contributed by atoms with Crippen molar-refractivity contribution in [2.75, 3.05) is 6.61 Å². The van der Waals surface area contributed by atoms with Crippen molar-refractivity contribution < 1.29 is 23.4 Å². The molecule has 0 aliphatic carbocycles. The van der Waals surface area contributed by atoms with Crippen molar-refractivity contribution in [2.24, 2.45) is 4.99 Å². The number of ether oxygens (including phenoxy) is 3. The monoisotopic (exact) mass is 577 g/mol.